The van der Waals surface area contributed by atoms with Crippen molar-refractivity contribution in [3.63, 3.8) is 0 Å². The third kappa shape index (κ3) is 5.31. The van der Waals surface area contributed by atoms with Crippen molar-refractivity contribution in [2.45, 2.75) is 46.9 Å². The van der Waals surface area contributed by atoms with Gasteiger partial charge in [-0.25, -0.2) is 4.79 Å². The number of nitrogens with zero attached hydrogens (tertiary/aromatic N) is 2. The summed E-state index contributed by atoms with van der Waals surface area (Å²) in [6.07, 6.45) is -7.81. The molecule has 2 aromatic carbocycles. The quantitative estimate of drug-likeness (QED) is 0.360. The first-order chi connectivity index (χ1) is 16.6. The maximum atomic E-state index is 11.4. The summed E-state index contributed by atoms with van der Waals surface area (Å²) in [5.41, 5.74) is 1.65. The molecule has 0 spiro atoms. The summed E-state index contributed by atoms with van der Waals surface area (Å²) in [7, 11) is 3.99. The molecule has 0 unspecified atom stereocenters. The van der Waals surface area contributed by atoms with Gasteiger partial charge in [0.15, 0.2) is 6.10 Å². The number of aliphatic hydroxyl groups is 3. The van der Waals surface area contributed by atoms with Crippen molar-refractivity contribution < 1.29 is 39.8 Å². The fraction of sp³-hybridized carbons (Fsp3) is 0.435. The van der Waals surface area contributed by atoms with Gasteiger partial charge in [-0.05, 0) is 51.3 Å². The summed E-state index contributed by atoms with van der Waals surface area (Å²) < 4.78 is 10.9. The number of hydrogen-bond donors (Lipinski definition) is 5. The van der Waals surface area contributed by atoms with Gasteiger partial charge in [0, 0.05) is 22.4 Å². The van der Waals surface area contributed by atoms with E-state index in [0.717, 1.165) is 34.1 Å². The van der Waals surface area contributed by atoms with Gasteiger partial charge < -0.3 is 44.8 Å². The lowest BCUT2D eigenvalue weighted by Crippen LogP contribution is -2.61. The van der Waals surface area contributed by atoms with Gasteiger partial charge in [-0.3, -0.25) is 0 Å². The predicted octanol–water partition coefficient (Wildman–Crippen LogP) is 1.87. The van der Waals surface area contributed by atoms with Crippen molar-refractivity contribution in [3.05, 3.63) is 35.4 Å². The molecule has 4 rings (SSSR count). The van der Waals surface area contributed by atoms with E-state index in [-0.39, 0.29) is 16.5 Å². The van der Waals surface area contributed by atoms with Crippen molar-refractivity contribution in [1.82, 2.24) is 4.90 Å². The molecule has 2 aromatic rings. The smallest absolute Gasteiger partial charge is 0.335 e. The van der Waals surface area contributed by atoms with Crippen LogP contribution in [0.5, 0.6) is 11.5 Å². The number of fused-ring (bicyclic) bond motifs is 2. The van der Waals surface area contributed by atoms with Gasteiger partial charge in [0.1, 0.15) is 29.8 Å². The van der Waals surface area contributed by atoms with E-state index in [2.05, 4.69) is 9.80 Å². The number of phenols is 1. The molecular weight excluding hydrogens is 500 g/mol. The van der Waals surface area contributed by atoms with Crippen LogP contribution < -0.4 is 9.64 Å². The maximum absolute atomic E-state index is 11.4. The van der Waals surface area contributed by atoms with Gasteiger partial charge in [-0.15, -0.1) is 0 Å². The third-order valence-electron chi connectivity index (χ3n) is 5.80. The van der Waals surface area contributed by atoms with Crippen LogP contribution in [-0.4, -0.2) is 94.3 Å². The molecule has 2 heterocycles. The third-order valence-corrected chi connectivity index (χ3v) is 7.21. The molecule has 0 radical (unpaired) electrons. The minimum absolute atomic E-state index is 0.116. The lowest BCUT2D eigenvalue weighted by molar-refractivity contribution is -0.271. The number of carboxylic acids is 1. The number of carboxylic acid groups (broad SMARTS) is 1. The largest absolute Gasteiger partial charge is 0.508 e. The van der Waals surface area contributed by atoms with Gasteiger partial charge in [0.2, 0.25) is 6.29 Å². The molecule has 10 nitrogen and oxygen atoms in total. The summed E-state index contributed by atoms with van der Waals surface area (Å²) in [5, 5.41) is 49.8. The molecule has 35 heavy (non-hydrogen) atoms. The molecule has 2 aliphatic heterocycles. The number of aliphatic carboxylic acids is 1. The zero-order valence-electron chi connectivity index (χ0n) is 19.0. The van der Waals surface area contributed by atoms with E-state index in [9.17, 15) is 30.3 Å². The van der Waals surface area contributed by atoms with Gasteiger partial charge >= 0.3 is 5.97 Å². The Labute approximate surface area is 211 Å². The van der Waals surface area contributed by atoms with E-state index in [1.165, 1.54) is 11.8 Å². The summed E-state index contributed by atoms with van der Waals surface area (Å²) in [4.78, 5) is 17.2. The molecule has 190 valence electrons. The lowest BCUT2D eigenvalue weighted by atomic mass is 9.99. The number of ether oxygens (including phenoxy) is 2. The molecule has 1 fully saturated rings. The van der Waals surface area contributed by atoms with Gasteiger partial charge in [0.25, 0.3) is 0 Å². The van der Waals surface area contributed by atoms with E-state index in [4.69, 9.17) is 21.1 Å². The Morgan fingerprint density at radius 1 is 1.11 bits per heavy atom. The number of anilines is 2. The normalized spacial score (nSPS) is 25.8. The van der Waals surface area contributed by atoms with Crippen LogP contribution in [0.1, 0.15) is 6.42 Å². The Bertz CT molecular complexity index is 1100. The molecular formula is C23H27ClN2O8S. The van der Waals surface area contributed by atoms with Crippen LogP contribution in [0.15, 0.2) is 40.1 Å². The second-order valence-electron chi connectivity index (χ2n) is 8.67. The second kappa shape index (κ2) is 10.4. The first kappa shape index (κ1) is 25.8. The number of aliphatic hydroxyl groups excluding tert-OH is 3. The highest BCUT2D eigenvalue weighted by Gasteiger charge is 2.48. The van der Waals surface area contributed by atoms with Crippen LogP contribution in [0.25, 0.3) is 0 Å². The minimum atomic E-state index is -1.82. The van der Waals surface area contributed by atoms with Gasteiger partial charge in [0.05, 0.1) is 16.4 Å². The van der Waals surface area contributed by atoms with Crippen LogP contribution in [0.4, 0.5) is 11.4 Å². The summed E-state index contributed by atoms with van der Waals surface area (Å²) >= 11 is 7.95. The fourth-order valence-electron chi connectivity index (χ4n) is 4.02. The Kier molecular flexibility index (Phi) is 7.67. The SMILES string of the molecule is CN(C)CCCN1c2cc(O)ccc2Sc2cc(O[C@@H]3O[C@H](C(=O)O)[C@@H](O)[C@H](O)[C@H]3O)c(Cl)cc21. The Morgan fingerprint density at radius 2 is 1.83 bits per heavy atom. The monoisotopic (exact) mass is 526 g/mol. The van der Waals surface area contributed by atoms with Crippen LogP contribution in [0.2, 0.25) is 5.02 Å². The summed E-state index contributed by atoms with van der Waals surface area (Å²) in [6, 6.07) is 8.46. The van der Waals surface area contributed by atoms with Crippen LogP contribution >= 0.6 is 23.4 Å². The van der Waals surface area contributed by atoms with Crippen molar-refractivity contribution >= 4 is 40.7 Å². The molecule has 0 bridgehead atoms. The maximum Gasteiger partial charge on any atom is 0.335 e. The highest BCUT2D eigenvalue weighted by Crippen LogP contribution is 2.51. The van der Waals surface area contributed by atoms with Crippen molar-refractivity contribution in [2.24, 2.45) is 0 Å². The zero-order valence-corrected chi connectivity index (χ0v) is 20.6. The van der Waals surface area contributed by atoms with Crippen molar-refractivity contribution in [3.8, 4) is 11.5 Å². The standard InChI is InChI=1S/C23H27ClN2O8S/c1-25(2)6-3-7-26-13-8-11(27)4-5-16(13)35-17-10-15(12(24)9-14(17)26)33-23-20(30)18(28)19(29)21(34-23)22(31)32/h4-5,8-10,18-21,23,27-30H,3,6-7H2,1-2H3,(H,31,32)/t18-,19-,20+,21-,23+/m0/s1. The molecule has 0 amide bonds. The molecule has 0 aliphatic carbocycles. The molecule has 12 heteroatoms. The highest BCUT2D eigenvalue weighted by molar-refractivity contribution is 7.99. The Morgan fingerprint density at radius 3 is 2.51 bits per heavy atom. The minimum Gasteiger partial charge on any atom is -0.508 e. The van der Waals surface area contributed by atoms with Crippen molar-refractivity contribution in [1.29, 1.82) is 0 Å². The number of hydrogen-bond acceptors (Lipinski definition) is 10. The first-order valence-corrected chi connectivity index (χ1v) is 12.1. The number of aromatic hydroxyl groups is 1. The number of phenolic OH excluding ortho intramolecular Hbond substituents is 1. The van der Waals surface area contributed by atoms with Gasteiger partial charge in [-0.1, -0.05) is 23.4 Å². The average molecular weight is 527 g/mol. The topological polar surface area (TPSA) is 143 Å². The van der Waals surface area contributed by atoms with E-state index < -0.39 is 36.7 Å². The molecule has 2 aliphatic rings. The molecule has 5 atom stereocenters. The summed E-state index contributed by atoms with van der Waals surface area (Å²) in [6.45, 7) is 1.52. The molecule has 1 saturated heterocycles. The summed E-state index contributed by atoms with van der Waals surface area (Å²) in [5.74, 6) is -1.24. The lowest BCUT2D eigenvalue weighted by Gasteiger charge is -2.39. The van der Waals surface area contributed by atoms with Crippen LogP contribution in [0.3, 0.4) is 0 Å². The molecule has 0 aromatic heterocycles. The number of benzene rings is 2. The van der Waals surface area contributed by atoms with Crippen LogP contribution in [-0.2, 0) is 9.53 Å². The average Bonchev–Trinajstić information content (AvgIpc) is 2.79. The van der Waals surface area contributed by atoms with E-state index in [1.807, 2.05) is 20.2 Å². The zero-order chi connectivity index (χ0) is 25.4. The first-order valence-electron chi connectivity index (χ1n) is 10.9. The van der Waals surface area contributed by atoms with Crippen LogP contribution in [0, 0.1) is 0 Å². The Balaban J connectivity index is 1.64. The highest BCUT2D eigenvalue weighted by atomic mass is 35.5. The molecule has 0 saturated carbocycles. The molecule has 5 N–H and O–H groups in total. The second-order valence-corrected chi connectivity index (χ2v) is 10.2. The van der Waals surface area contributed by atoms with Gasteiger partial charge in [-0.2, -0.15) is 0 Å². The van der Waals surface area contributed by atoms with E-state index in [0.29, 0.717) is 6.54 Å². The number of carbonyl (C=O) groups is 1. The van der Waals surface area contributed by atoms with E-state index >= 15 is 0 Å². The Hall–Kier alpha value is -2.25. The predicted molar refractivity (Wildman–Crippen MR) is 129 cm³/mol. The number of halogens is 1. The van der Waals surface area contributed by atoms with E-state index in [1.54, 1.807) is 24.3 Å². The number of rotatable bonds is 7. The fourth-order valence-corrected chi connectivity index (χ4v) is 5.31. The van der Waals surface area contributed by atoms with Crippen molar-refractivity contribution in [2.75, 3.05) is 32.1 Å².